The Bertz CT molecular complexity index is 1170. The molecule has 3 aromatic rings. The van der Waals surface area contributed by atoms with Crippen LogP contribution in [0, 0.1) is 17.1 Å². The van der Waals surface area contributed by atoms with Gasteiger partial charge in [0.25, 0.3) is 5.91 Å². The molecule has 0 aromatic heterocycles. The number of ether oxygens (including phenoxy) is 2. The number of nitrogens with one attached hydrogen (secondary N) is 1. The number of nitrogens with zero attached hydrogens (tertiary/aromatic N) is 1. The van der Waals surface area contributed by atoms with Crippen LogP contribution in [0.5, 0.6) is 11.5 Å². The van der Waals surface area contributed by atoms with Gasteiger partial charge in [-0.25, -0.2) is 4.39 Å². The van der Waals surface area contributed by atoms with Gasteiger partial charge in [0.1, 0.15) is 24.1 Å². The lowest BCUT2D eigenvalue weighted by molar-refractivity contribution is -0.112. The summed E-state index contributed by atoms with van der Waals surface area (Å²) in [4.78, 5) is 12.5. The number of benzene rings is 3. The van der Waals surface area contributed by atoms with Crippen molar-refractivity contribution in [3.05, 3.63) is 94.3 Å². The first-order valence-corrected chi connectivity index (χ1v) is 10.2. The Morgan fingerprint density at radius 2 is 1.88 bits per heavy atom. The van der Waals surface area contributed by atoms with Crippen molar-refractivity contribution in [1.29, 1.82) is 5.26 Å². The van der Waals surface area contributed by atoms with Crippen LogP contribution in [-0.4, -0.2) is 12.5 Å². The highest BCUT2D eigenvalue weighted by molar-refractivity contribution is 6.30. The SMILES string of the molecule is CCOc1cc(/C=C(/C#N)C(=O)Nc2ccc(Cl)cc2)ccc1OCc1cccc(F)c1. The molecule has 0 saturated heterocycles. The predicted octanol–water partition coefficient (Wildman–Crippen LogP) is 6.00. The van der Waals surface area contributed by atoms with E-state index in [0.717, 1.165) is 0 Å². The van der Waals surface area contributed by atoms with E-state index in [1.807, 2.05) is 13.0 Å². The summed E-state index contributed by atoms with van der Waals surface area (Å²) in [6.07, 6.45) is 1.46. The maximum absolute atomic E-state index is 13.4. The number of halogens is 2. The van der Waals surface area contributed by atoms with Crippen LogP contribution >= 0.6 is 11.6 Å². The standard InChI is InChI=1S/C25H20ClFN2O3/c1-2-31-24-14-17(6-11-23(24)32-16-18-4-3-5-21(27)13-18)12-19(15-28)25(30)29-22-9-7-20(26)8-10-22/h3-14H,2,16H2,1H3,(H,29,30)/b19-12-. The Hall–Kier alpha value is -3.82. The maximum Gasteiger partial charge on any atom is 0.266 e. The average Bonchev–Trinajstić information content (AvgIpc) is 2.78. The molecule has 32 heavy (non-hydrogen) atoms. The van der Waals surface area contributed by atoms with Gasteiger partial charge in [0.15, 0.2) is 11.5 Å². The molecule has 3 aromatic carbocycles. The highest BCUT2D eigenvalue weighted by Crippen LogP contribution is 2.30. The third-order valence-corrected chi connectivity index (χ3v) is 4.58. The van der Waals surface area contributed by atoms with Gasteiger partial charge in [0.05, 0.1) is 6.61 Å². The van der Waals surface area contributed by atoms with Crippen LogP contribution in [0.2, 0.25) is 5.02 Å². The third-order valence-electron chi connectivity index (χ3n) is 4.33. The van der Waals surface area contributed by atoms with E-state index in [2.05, 4.69) is 5.32 Å². The first-order valence-electron chi connectivity index (χ1n) is 9.81. The van der Waals surface area contributed by atoms with Gasteiger partial charge in [-0.1, -0.05) is 29.8 Å². The van der Waals surface area contributed by atoms with Crippen LogP contribution in [0.25, 0.3) is 6.08 Å². The molecule has 5 nitrogen and oxygen atoms in total. The lowest BCUT2D eigenvalue weighted by Gasteiger charge is -2.13. The van der Waals surface area contributed by atoms with Gasteiger partial charge in [-0.3, -0.25) is 4.79 Å². The van der Waals surface area contributed by atoms with E-state index in [0.29, 0.717) is 39.9 Å². The van der Waals surface area contributed by atoms with Crippen molar-refractivity contribution in [1.82, 2.24) is 0 Å². The van der Waals surface area contributed by atoms with E-state index >= 15 is 0 Å². The fourth-order valence-electron chi connectivity index (χ4n) is 2.84. The van der Waals surface area contributed by atoms with Crippen molar-refractivity contribution in [2.75, 3.05) is 11.9 Å². The molecule has 0 saturated carbocycles. The Kier molecular flexibility index (Phi) is 7.85. The summed E-state index contributed by atoms with van der Waals surface area (Å²) in [6.45, 7) is 2.39. The van der Waals surface area contributed by atoms with Gasteiger partial charge < -0.3 is 14.8 Å². The molecule has 0 fully saturated rings. The van der Waals surface area contributed by atoms with Crippen LogP contribution in [0.4, 0.5) is 10.1 Å². The minimum atomic E-state index is -0.542. The summed E-state index contributed by atoms with van der Waals surface area (Å²) >= 11 is 5.85. The van der Waals surface area contributed by atoms with E-state index in [1.54, 1.807) is 54.6 Å². The summed E-state index contributed by atoms with van der Waals surface area (Å²) < 4.78 is 24.8. The molecule has 0 aliphatic heterocycles. The lowest BCUT2D eigenvalue weighted by Crippen LogP contribution is -2.13. The first-order chi connectivity index (χ1) is 15.5. The largest absolute Gasteiger partial charge is 0.490 e. The molecule has 0 spiro atoms. The predicted molar refractivity (Wildman–Crippen MR) is 122 cm³/mol. The number of carbonyl (C=O) groups excluding carboxylic acids is 1. The van der Waals surface area contributed by atoms with Crippen LogP contribution in [0.1, 0.15) is 18.1 Å². The van der Waals surface area contributed by atoms with Gasteiger partial charge >= 0.3 is 0 Å². The van der Waals surface area contributed by atoms with Gasteiger partial charge in [0, 0.05) is 10.7 Å². The van der Waals surface area contributed by atoms with Crippen molar-refractivity contribution in [3.63, 3.8) is 0 Å². The highest BCUT2D eigenvalue weighted by atomic mass is 35.5. The van der Waals surface area contributed by atoms with Crippen LogP contribution in [0.3, 0.4) is 0 Å². The molecule has 0 heterocycles. The number of rotatable bonds is 8. The summed E-state index contributed by atoms with van der Waals surface area (Å²) in [5.41, 5.74) is 1.73. The highest BCUT2D eigenvalue weighted by Gasteiger charge is 2.12. The molecule has 0 radical (unpaired) electrons. The summed E-state index contributed by atoms with van der Waals surface area (Å²) in [6, 6.07) is 19.7. The smallest absolute Gasteiger partial charge is 0.266 e. The molecule has 1 amide bonds. The fraction of sp³-hybridized carbons (Fsp3) is 0.120. The number of nitriles is 1. The number of hydrogen-bond donors (Lipinski definition) is 1. The molecule has 0 aliphatic carbocycles. The summed E-state index contributed by atoms with van der Waals surface area (Å²) in [7, 11) is 0. The number of carbonyl (C=O) groups is 1. The van der Waals surface area contributed by atoms with E-state index in [1.165, 1.54) is 18.2 Å². The number of amides is 1. The Labute approximate surface area is 190 Å². The first kappa shape index (κ1) is 22.9. The Balaban J connectivity index is 1.77. The van der Waals surface area contributed by atoms with Crippen molar-refractivity contribution in [2.24, 2.45) is 0 Å². The summed E-state index contributed by atoms with van der Waals surface area (Å²) in [5.74, 6) is 0.0437. The summed E-state index contributed by atoms with van der Waals surface area (Å²) in [5, 5.41) is 12.7. The maximum atomic E-state index is 13.4. The van der Waals surface area contributed by atoms with E-state index < -0.39 is 5.91 Å². The average molecular weight is 451 g/mol. The van der Waals surface area contributed by atoms with Gasteiger partial charge in [-0.05, 0) is 72.7 Å². The minimum Gasteiger partial charge on any atom is -0.490 e. The molecule has 0 unspecified atom stereocenters. The zero-order valence-electron chi connectivity index (χ0n) is 17.3. The Morgan fingerprint density at radius 1 is 1.09 bits per heavy atom. The normalized spacial score (nSPS) is 10.9. The molecular formula is C25H20ClFN2O3. The molecule has 3 rings (SSSR count). The van der Waals surface area contributed by atoms with Gasteiger partial charge in [0.2, 0.25) is 0 Å². The molecule has 1 N–H and O–H groups in total. The number of anilines is 1. The molecule has 0 aliphatic rings. The number of hydrogen-bond acceptors (Lipinski definition) is 4. The monoisotopic (exact) mass is 450 g/mol. The van der Waals surface area contributed by atoms with Crippen molar-refractivity contribution < 1.29 is 18.7 Å². The second kappa shape index (κ2) is 11.0. The quantitative estimate of drug-likeness (QED) is 0.337. The zero-order chi connectivity index (χ0) is 22.9. The van der Waals surface area contributed by atoms with Crippen LogP contribution < -0.4 is 14.8 Å². The third kappa shape index (κ3) is 6.34. The van der Waals surface area contributed by atoms with Gasteiger partial charge in [-0.15, -0.1) is 0 Å². The molecular weight excluding hydrogens is 431 g/mol. The topological polar surface area (TPSA) is 71.3 Å². The van der Waals surface area contributed by atoms with Crippen LogP contribution in [-0.2, 0) is 11.4 Å². The Morgan fingerprint density at radius 3 is 2.56 bits per heavy atom. The molecule has 0 atom stereocenters. The fourth-order valence-corrected chi connectivity index (χ4v) is 2.96. The zero-order valence-corrected chi connectivity index (χ0v) is 18.0. The molecule has 0 bridgehead atoms. The van der Waals surface area contributed by atoms with E-state index in [4.69, 9.17) is 21.1 Å². The van der Waals surface area contributed by atoms with Crippen molar-refractivity contribution >= 4 is 29.3 Å². The second-order valence-electron chi connectivity index (χ2n) is 6.69. The van der Waals surface area contributed by atoms with Crippen molar-refractivity contribution in [3.8, 4) is 17.6 Å². The second-order valence-corrected chi connectivity index (χ2v) is 7.13. The lowest BCUT2D eigenvalue weighted by atomic mass is 10.1. The van der Waals surface area contributed by atoms with E-state index in [9.17, 15) is 14.4 Å². The van der Waals surface area contributed by atoms with E-state index in [-0.39, 0.29) is 18.0 Å². The van der Waals surface area contributed by atoms with Crippen LogP contribution in [0.15, 0.2) is 72.3 Å². The minimum absolute atomic E-state index is 0.0733. The van der Waals surface area contributed by atoms with Crippen molar-refractivity contribution in [2.45, 2.75) is 13.5 Å². The molecule has 162 valence electrons. The molecule has 7 heteroatoms. The van der Waals surface area contributed by atoms with Gasteiger partial charge in [-0.2, -0.15) is 5.26 Å².